The first-order valence-electron chi connectivity index (χ1n) is 8.49. The lowest BCUT2D eigenvalue weighted by Crippen LogP contribution is -2.40. The van der Waals surface area contributed by atoms with E-state index in [2.05, 4.69) is 27.2 Å². The van der Waals surface area contributed by atoms with Crippen molar-refractivity contribution in [2.45, 2.75) is 32.5 Å². The van der Waals surface area contributed by atoms with Crippen LogP contribution in [0.25, 0.3) is 0 Å². The zero-order valence-electron chi connectivity index (χ0n) is 14.2. The quantitative estimate of drug-likeness (QED) is 0.812. The van der Waals surface area contributed by atoms with Crippen LogP contribution in [0.5, 0.6) is 5.75 Å². The van der Waals surface area contributed by atoms with Gasteiger partial charge >= 0.3 is 12.4 Å². The van der Waals surface area contributed by atoms with Crippen LogP contribution in [0, 0.1) is 5.92 Å². The molecule has 1 aliphatic rings. The van der Waals surface area contributed by atoms with Gasteiger partial charge in [-0.25, -0.2) is 4.79 Å². The van der Waals surface area contributed by atoms with Gasteiger partial charge in [0.05, 0.1) is 5.69 Å². The highest BCUT2D eigenvalue weighted by atomic mass is 19.4. The molecule has 5 nitrogen and oxygen atoms in total. The van der Waals surface area contributed by atoms with Crippen LogP contribution in [0.15, 0.2) is 24.3 Å². The summed E-state index contributed by atoms with van der Waals surface area (Å²) in [5, 5.41) is 5.15. The van der Waals surface area contributed by atoms with Crippen molar-refractivity contribution in [1.82, 2.24) is 10.2 Å². The van der Waals surface area contributed by atoms with Crippen molar-refractivity contribution >= 4 is 11.7 Å². The van der Waals surface area contributed by atoms with Crippen molar-refractivity contribution in [3.05, 3.63) is 24.3 Å². The van der Waals surface area contributed by atoms with Gasteiger partial charge in [0.2, 0.25) is 0 Å². The number of urea groups is 1. The molecule has 1 heterocycles. The molecule has 1 fully saturated rings. The van der Waals surface area contributed by atoms with Crippen molar-refractivity contribution < 1.29 is 22.7 Å². The zero-order valence-corrected chi connectivity index (χ0v) is 14.2. The van der Waals surface area contributed by atoms with Crippen molar-refractivity contribution in [3.8, 4) is 5.75 Å². The number of amides is 2. The monoisotopic (exact) mass is 359 g/mol. The molecule has 2 rings (SSSR count). The molecule has 0 spiro atoms. The van der Waals surface area contributed by atoms with E-state index < -0.39 is 18.1 Å². The number of carbonyl (C=O) groups excluding carboxylic acids is 1. The van der Waals surface area contributed by atoms with Crippen LogP contribution in [0.4, 0.5) is 23.7 Å². The molecule has 1 saturated heterocycles. The minimum absolute atomic E-state index is 0.0184. The Bertz CT molecular complexity index is 558. The number of halogens is 3. The van der Waals surface area contributed by atoms with Gasteiger partial charge in [-0.3, -0.25) is 0 Å². The second kappa shape index (κ2) is 8.94. The molecule has 140 valence electrons. The molecule has 1 aromatic rings. The Morgan fingerprint density at radius 2 is 1.96 bits per heavy atom. The number of hydrogen-bond donors (Lipinski definition) is 2. The van der Waals surface area contributed by atoms with Gasteiger partial charge in [0, 0.05) is 6.54 Å². The largest absolute Gasteiger partial charge is 0.573 e. The number of nitrogens with one attached hydrogen (secondary N) is 2. The Hall–Kier alpha value is -1.96. The van der Waals surface area contributed by atoms with E-state index in [-0.39, 0.29) is 5.69 Å². The third kappa shape index (κ3) is 6.81. The number of carbonyl (C=O) groups is 1. The zero-order chi connectivity index (χ0) is 18.3. The van der Waals surface area contributed by atoms with E-state index in [0.717, 1.165) is 45.0 Å². The van der Waals surface area contributed by atoms with Gasteiger partial charge in [-0.15, -0.1) is 13.2 Å². The fourth-order valence-electron chi connectivity index (χ4n) is 2.92. The van der Waals surface area contributed by atoms with Gasteiger partial charge in [0.15, 0.2) is 5.75 Å². The second-order valence-corrected chi connectivity index (χ2v) is 6.16. The van der Waals surface area contributed by atoms with Gasteiger partial charge in [-0.2, -0.15) is 0 Å². The molecule has 0 aliphatic carbocycles. The number of hydrogen-bond acceptors (Lipinski definition) is 3. The van der Waals surface area contributed by atoms with Crippen LogP contribution >= 0.6 is 0 Å². The summed E-state index contributed by atoms with van der Waals surface area (Å²) in [5.74, 6) is -0.0430. The smallest absolute Gasteiger partial charge is 0.404 e. The number of rotatable bonds is 6. The maximum Gasteiger partial charge on any atom is 0.573 e. The number of piperidine rings is 1. The van der Waals surface area contributed by atoms with E-state index >= 15 is 0 Å². The Kier molecular flexibility index (Phi) is 6.92. The van der Waals surface area contributed by atoms with E-state index in [1.54, 1.807) is 0 Å². The summed E-state index contributed by atoms with van der Waals surface area (Å²) in [4.78, 5) is 14.4. The summed E-state index contributed by atoms with van der Waals surface area (Å²) >= 11 is 0. The standard InChI is InChI=1S/C17H24F3N3O2/c1-2-9-23-10-7-13(8-11-23)12-21-16(24)22-14-5-3-4-6-15(14)25-17(18,19)20/h3-6,13H,2,7-12H2,1H3,(H2,21,22,24). The maximum atomic E-state index is 12.4. The number of anilines is 1. The summed E-state index contributed by atoms with van der Waals surface area (Å²) in [6.07, 6.45) is -1.66. The molecule has 0 aromatic heterocycles. The molecular formula is C17H24F3N3O2. The first-order chi connectivity index (χ1) is 11.9. The van der Waals surface area contributed by atoms with E-state index in [1.165, 1.54) is 18.2 Å². The van der Waals surface area contributed by atoms with Crippen LogP contribution in [0.3, 0.4) is 0 Å². The Morgan fingerprint density at radius 1 is 1.28 bits per heavy atom. The van der Waals surface area contributed by atoms with E-state index in [9.17, 15) is 18.0 Å². The van der Waals surface area contributed by atoms with Gasteiger partial charge in [0.1, 0.15) is 0 Å². The van der Waals surface area contributed by atoms with Gasteiger partial charge in [-0.05, 0) is 56.9 Å². The summed E-state index contributed by atoms with van der Waals surface area (Å²) in [7, 11) is 0. The molecule has 2 amide bonds. The summed E-state index contributed by atoms with van der Waals surface area (Å²) in [5.41, 5.74) is -0.0184. The lowest BCUT2D eigenvalue weighted by Gasteiger charge is -2.31. The van der Waals surface area contributed by atoms with Crippen LogP contribution in [0.2, 0.25) is 0 Å². The third-order valence-electron chi connectivity index (χ3n) is 4.16. The highest BCUT2D eigenvalue weighted by Gasteiger charge is 2.32. The predicted octanol–water partition coefficient (Wildman–Crippen LogP) is 3.83. The minimum atomic E-state index is -4.80. The number of alkyl halides is 3. The molecule has 1 aliphatic heterocycles. The molecule has 0 unspecified atom stereocenters. The maximum absolute atomic E-state index is 12.4. The lowest BCUT2D eigenvalue weighted by molar-refractivity contribution is -0.274. The highest BCUT2D eigenvalue weighted by Crippen LogP contribution is 2.29. The average molecular weight is 359 g/mol. The summed E-state index contributed by atoms with van der Waals surface area (Å²) in [6, 6.07) is 4.93. The van der Waals surface area contributed by atoms with Crippen LogP contribution in [-0.4, -0.2) is 43.5 Å². The molecule has 0 atom stereocenters. The number of likely N-dealkylation sites (tertiary alicyclic amines) is 1. The van der Waals surface area contributed by atoms with Crippen molar-refractivity contribution in [2.75, 3.05) is 31.5 Å². The fourth-order valence-corrected chi connectivity index (χ4v) is 2.92. The summed E-state index contributed by atoms with van der Waals surface area (Å²) < 4.78 is 41.1. The second-order valence-electron chi connectivity index (χ2n) is 6.16. The molecule has 2 N–H and O–H groups in total. The number of ether oxygens (including phenoxy) is 1. The molecule has 25 heavy (non-hydrogen) atoms. The molecular weight excluding hydrogens is 335 g/mol. The van der Waals surface area contributed by atoms with Gasteiger partial charge < -0.3 is 20.3 Å². The SMILES string of the molecule is CCCN1CCC(CNC(=O)Nc2ccccc2OC(F)(F)F)CC1. The Labute approximate surface area is 145 Å². The molecule has 0 saturated carbocycles. The van der Waals surface area contributed by atoms with Crippen molar-refractivity contribution in [1.29, 1.82) is 0 Å². The fraction of sp³-hybridized carbons (Fsp3) is 0.588. The lowest BCUT2D eigenvalue weighted by atomic mass is 9.97. The molecule has 0 bridgehead atoms. The van der Waals surface area contributed by atoms with Crippen molar-refractivity contribution in [3.63, 3.8) is 0 Å². The molecule has 0 radical (unpaired) electrons. The Balaban J connectivity index is 1.79. The number of benzene rings is 1. The molecule has 8 heteroatoms. The van der Waals surface area contributed by atoms with Crippen LogP contribution in [-0.2, 0) is 0 Å². The van der Waals surface area contributed by atoms with Gasteiger partial charge in [-0.1, -0.05) is 19.1 Å². The summed E-state index contributed by atoms with van der Waals surface area (Å²) in [6.45, 7) is 5.79. The highest BCUT2D eigenvalue weighted by molar-refractivity contribution is 5.90. The van der Waals surface area contributed by atoms with Crippen LogP contribution in [0.1, 0.15) is 26.2 Å². The van der Waals surface area contributed by atoms with E-state index in [1.807, 2.05) is 0 Å². The Morgan fingerprint density at radius 3 is 2.60 bits per heavy atom. The average Bonchev–Trinajstić information content (AvgIpc) is 2.55. The first-order valence-corrected chi connectivity index (χ1v) is 8.49. The van der Waals surface area contributed by atoms with E-state index in [0.29, 0.717) is 12.5 Å². The van der Waals surface area contributed by atoms with Gasteiger partial charge in [0.25, 0.3) is 0 Å². The van der Waals surface area contributed by atoms with E-state index in [4.69, 9.17) is 0 Å². The minimum Gasteiger partial charge on any atom is -0.404 e. The number of para-hydroxylation sites is 2. The first kappa shape index (κ1) is 19.4. The number of nitrogens with zero attached hydrogens (tertiary/aromatic N) is 1. The normalized spacial score (nSPS) is 16.5. The third-order valence-corrected chi connectivity index (χ3v) is 4.16. The van der Waals surface area contributed by atoms with Crippen LogP contribution < -0.4 is 15.4 Å². The predicted molar refractivity (Wildman–Crippen MR) is 89.6 cm³/mol. The van der Waals surface area contributed by atoms with Crippen molar-refractivity contribution in [2.24, 2.45) is 5.92 Å². The topological polar surface area (TPSA) is 53.6 Å². The molecule has 1 aromatic carbocycles.